The van der Waals surface area contributed by atoms with Crippen LogP contribution >= 0.6 is 24.0 Å². The van der Waals surface area contributed by atoms with Gasteiger partial charge in [0.05, 0.1) is 5.69 Å². The van der Waals surface area contributed by atoms with E-state index < -0.39 is 0 Å². The van der Waals surface area contributed by atoms with Gasteiger partial charge in [0, 0.05) is 10.9 Å². The predicted octanol–water partition coefficient (Wildman–Crippen LogP) is 3.42. The Morgan fingerprint density at radius 1 is 1.40 bits per heavy atom. The third kappa shape index (κ3) is 2.58. The number of halogens is 1. The van der Waals surface area contributed by atoms with Crippen molar-refractivity contribution in [2.75, 3.05) is 5.75 Å². The van der Waals surface area contributed by atoms with Crippen molar-refractivity contribution in [3.63, 3.8) is 0 Å². The van der Waals surface area contributed by atoms with Gasteiger partial charge in [0.25, 0.3) is 0 Å². The molecule has 0 N–H and O–H groups in total. The first-order valence-electron chi connectivity index (χ1n) is 4.61. The lowest BCUT2D eigenvalue weighted by Gasteiger charge is -1.95. The number of rotatable bonds is 3. The summed E-state index contributed by atoms with van der Waals surface area (Å²) in [7, 11) is 0. The lowest BCUT2D eigenvalue weighted by molar-refractivity contribution is 0.628. The molecule has 1 nitrogen and oxygen atoms in total. The molecule has 0 unspecified atom stereocenters. The Kier molecular flexibility index (Phi) is 3.38. The molecule has 0 saturated heterocycles. The van der Waals surface area contributed by atoms with Crippen LogP contribution in [0.25, 0.3) is 10.6 Å². The Morgan fingerprint density at radius 2 is 2.27 bits per heavy atom. The van der Waals surface area contributed by atoms with Crippen molar-refractivity contribution in [2.45, 2.75) is 6.42 Å². The van der Waals surface area contributed by atoms with Crippen LogP contribution in [-0.2, 0) is 6.42 Å². The number of aryl methyl sites for hydroxylation is 1. The summed E-state index contributed by atoms with van der Waals surface area (Å²) in [5, 5.41) is 2.86. The van der Waals surface area contributed by atoms with Gasteiger partial charge in [-0.2, -0.15) is 12.6 Å². The van der Waals surface area contributed by atoms with Crippen LogP contribution in [-0.4, -0.2) is 10.7 Å². The molecule has 0 bridgehead atoms. The van der Waals surface area contributed by atoms with Gasteiger partial charge < -0.3 is 0 Å². The molecule has 0 aliphatic heterocycles. The van der Waals surface area contributed by atoms with Crippen LogP contribution in [0, 0.1) is 5.82 Å². The van der Waals surface area contributed by atoms with Crippen LogP contribution in [0.5, 0.6) is 0 Å². The van der Waals surface area contributed by atoms with Gasteiger partial charge >= 0.3 is 0 Å². The highest BCUT2D eigenvalue weighted by Gasteiger charge is 2.04. The van der Waals surface area contributed by atoms with Crippen molar-refractivity contribution >= 4 is 24.0 Å². The van der Waals surface area contributed by atoms with E-state index in [1.54, 1.807) is 6.07 Å². The van der Waals surface area contributed by atoms with Crippen molar-refractivity contribution in [1.29, 1.82) is 0 Å². The second-order valence-corrected chi connectivity index (χ2v) is 4.43. The second kappa shape index (κ2) is 4.77. The number of benzene rings is 1. The minimum Gasteiger partial charge on any atom is -0.241 e. The highest BCUT2D eigenvalue weighted by molar-refractivity contribution is 7.80. The molecule has 0 atom stereocenters. The third-order valence-electron chi connectivity index (χ3n) is 1.99. The van der Waals surface area contributed by atoms with Crippen molar-refractivity contribution < 1.29 is 4.39 Å². The summed E-state index contributed by atoms with van der Waals surface area (Å²) in [5.74, 6) is 0.560. The predicted molar refractivity (Wildman–Crippen MR) is 65.1 cm³/mol. The standard InChI is InChI=1S/C11H10FNS2/c12-9-3-1-2-8(6-9)11-13-10(4-5-14)7-15-11/h1-3,6-7,14H,4-5H2. The number of thiazole rings is 1. The van der Waals surface area contributed by atoms with E-state index in [2.05, 4.69) is 17.6 Å². The zero-order chi connectivity index (χ0) is 10.7. The van der Waals surface area contributed by atoms with Crippen LogP contribution in [0.15, 0.2) is 29.6 Å². The number of hydrogen-bond acceptors (Lipinski definition) is 3. The quantitative estimate of drug-likeness (QED) is 0.810. The van der Waals surface area contributed by atoms with Gasteiger partial charge in [-0.3, -0.25) is 0 Å². The van der Waals surface area contributed by atoms with E-state index in [9.17, 15) is 4.39 Å². The van der Waals surface area contributed by atoms with Gasteiger partial charge in [-0.05, 0) is 24.3 Å². The van der Waals surface area contributed by atoms with Crippen molar-refractivity contribution in [3.05, 3.63) is 41.2 Å². The Morgan fingerprint density at radius 3 is 3.00 bits per heavy atom. The maximum Gasteiger partial charge on any atom is 0.123 e. The molecule has 1 heterocycles. The molecule has 0 spiro atoms. The fourth-order valence-electron chi connectivity index (χ4n) is 1.29. The van der Waals surface area contributed by atoms with Crippen molar-refractivity contribution in [3.8, 4) is 10.6 Å². The van der Waals surface area contributed by atoms with E-state index in [4.69, 9.17) is 0 Å². The summed E-state index contributed by atoms with van der Waals surface area (Å²) in [6.07, 6.45) is 0.856. The second-order valence-electron chi connectivity index (χ2n) is 3.13. The Bertz CT molecular complexity index is 453. The van der Waals surface area contributed by atoms with Crippen LogP contribution < -0.4 is 0 Å². The van der Waals surface area contributed by atoms with Crippen LogP contribution in [0.2, 0.25) is 0 Å². The molecule has 0 aliphatic rings. The molecule has 0 saturated carbocycles. The first-order chi connectivity index (χ1) is 7.29. The Labute approximate surface area is 97.4 Å². The largest absolute Gasteiger partial charge is 0.241 e. The van der Waals surface area contributed by atoms with E-state index in [1.807, 2.05) is 11.4 Å². The van der Waals surface area contributed by atoms with Gasteiger partial charge in [-0.25, -0.2) is 9.37 Å². The highest BCUT2D eigenvalue weighted by atomic mass is 32.1. The summed E-state index contributed by atoms with van der Waals surface area (Å²) >= 11 is 5.69. The molecule has 0 amide bonds. The van der Waals surface area contributed by atoms with Crippen LogP contribution in [0.3, 0.4) is 0 Å². The average molecular weight is 239 g/mol. The number of nitrogens with zero attached hydrogens (tertiary/aromatic N) is 1. The first kappa shape index (κ1) is 10.6. The molecule has 2 rings (SSSR count). The maximum atomic E-state index is 13.0. The minimum atomic E-state index is -0.224. The summed E-state index contributed by atoms with van der Waals surface area (Å²) in [4.78, 5) is 4.41. The van der Waals surface area contributed by atoms with E-state index >= 15 is 0 Å². The van der Waals surface area contributed by atoms with Gasteiger partial charge in [0.2, 0.25) is 0 Å². The van der Waals surface area contributed by atoms with Crippen molar-refractivity contribution in [2.24, 2.45) is 0 Å². The van der Waals surface area contributed by atoms with Crippen molar-refractivity contribution in [1.82, 2.24) is 4.98 Å². The van der Waals surface area contributed by atoms with E-state index in [0.717, 1.165) is 28.4 Å². The molecule has 1 aromatic heterocycles. The first-order valence-corrected chi connectivity index (χ1v) is 6.12. The smallest absolute Gasteiger partial charge is 0.123 e. The monoisotopic (exact) mass is 239 g/mol. The van der Waals surface area contributed by atoms with Gasteiger partial charge in [0.1, 0.15) is 10.8 Å². The normalized spacial score (nSPS) is 10.5. The number of thiol groups is 1. The van der Waals surface area contributed by atoms with E-state index in [-0.39, 0.29) is 5.82 Å². The average Bonchev–Trinajstić information content (AvgIpc) is 2.67. The summed E-state index contributed by atoms with van der Waals surface area (Å²) in [6.45, 7) is 0. The number of aromatic nitrogens is 1. The Hall–Kier alpha value is -0.870. The molecule has 4 heteroatoms. The van der Waals surface area contributed by atoms with Gasteiger partial charge in [-0.15, -0.1) is 11.3 Å². The third-order valence-corrected chi connectivity index (χ3v) is 3.16. The fourth-order valence-corrected chi connectivity index (χ4v) is 2.37. The summed E-state index contributed by atoms with van der Waals surface area (Å²) in [6, 6.07) is 6.51. The van der Waals surface area contributed by atoms with E-state index in [1.165, 1.54) is 23.5 Å². The van der Waals surface area contributed by atoms with Gasteiger partial charge in [-0.1, -0.05) is 12.1 Å². The molecule has 15 heavy (non-hydrogen) atoms. The zero-order valence-electron chi connectivity index (χ0n) is 7.98. The SMILES string of the molecule is Fc1cccc(-c2nc(CCS)cs2)c1. The minimum absolute atomic E-state index is 0.224. The zero-order valence-corrected chi connectivity index (χ0v) is 9.69. The molecule has 1 aromatic carbocycles. The van der Waals surface area contributed by atoms with E-state index in [0.29, 0.717) is 0 Å². The maximum absolute atomic E-state index is 13.0. The molecule has 0 fully saturated rings. The molecule has 78 valence electrons. The highest BCUT2D eigenvalue weighted by Crippen LogP contribution is 2.24. The van der Waals surface area contributed by atoms with Crippen LogP contribution in [0.4, 0.5) is 4.39 Å². The lowest BCUT2D eigenvalue weighted by atomic mass is 10.2. The lowest BCUT2D eigenvalue weighted by Crippen LogP contribution is -1.86. The summed E-state index contributed by atoms with van der Waals surface area (Å²) < 4.78 is 13.0. The summed E-state index contributed by atoms with van der Waals surface area (Å²) in [5.41, 5.74) is 1.86. The van der Waals surface area contributed by atoms with Gasteiger partial charge in [0.15, 0.2) is 0 Å². The molecular weight excluding hydrogens is 229 g/mol. The Balaban J connectivity index is 2.29. The molecule has 0 radical (unpaired) electrons. The molecular formula is C11H10FNS2. The topological polar surface area (TPSA) is 12.9 Å². The van der Waals surface area contributed by atoms with Crippen LogP contribution in [0.1, 0.15) is 5.69 Å². The molecule has 0 aliphatic carbocycles. The molecule has 2 aromatic rings. The number of hydrogen-bond donors (Lipinski definition) is 1. The fraction of sp³-hybridized carbons (Fsp3) is 0.182.